The summed E-state index contributed by atoms with van der Waals surface area (Å²) in [5.74, 6) is 2.14. The number of aryl methyl sites for hydroxylation is 1. The maximum Gasteiger partial charge on any atom is 0.225 e. The van der Waals surface area contributed by atoms with Crippen molar-refractivity contribution in [3.8, 4) is 0 Å². The molecule has 2 aromatic heterocycles. The molecule has 2 aromatic rings. The van der Waals surface area contributed by atoms with E-state index in [4.69, 9.17) is 4.98 Å². The van der Waals surface area contributed by atoms with E-state index in [1.807, 2.05) is 23.2 Å². The van der Waals surface area contributed by atoms with E-state index in [1.165, 1.54) is 0 Å². The van der Waals surface area contributed by atoms with E-state index in [0.717, 1.165) is 62.3 Å². The summed E-state index contributed by atoms with van der Waals surface area (Å²) in [6.45, 7) is 4.82. The molecule has 22 heavy (non-hydrogen) atoms. The van der Waals surface area contributed by atoms with E-state index < -0.39 is 0 Å². The minimum atomic E-state index is 0.315. The monoisotopic (exact) mass is 298 g/mol. The number of pyridine rings is 1. The molecule has 2 aliphatic rings. The lowest BCUT2D eigenvalue weighted by Gasteiger charge is -2.16. The molecule has 1 atom stereocenters. The second kappa shape index (κ2) is 5.38. The van der Waals surface area contributed by atoms with Crippen molar-refractivity contribution < 1.29 is 4.79 Å². The minimum absolute atomic E-state index is 0.315. The fourth-order valence-electron chi connectivity index (χ4n) is 3.49. The molecule has 5 nitrogen and oxygen atoms in total. The summed E-state index contributed by atoms with van der Waals surface area (Å²) >= 11 is 0. The third-order valence-corrected chi connectivity index (χ3v) is 4.77. The quantitative estimate of drug-likeness (QED) is 0.871. The van der Waals surface area contributed by atoms with E-state index in [2.05, 4.69) is 16.5 Å². The highest BCUT2D eigenvalue weighted by molar-refractivity contribution is 5.81. The third-order valence-electron chi connectivity index (χ3n) is 4.77. The van der Waals surface area contributed by atoms with Crippen molar-refractivity contribution in [3.63, 3.8) is 0 Å². The van der Waals surface area contributed by atoms with Crippen LogP contribution in [-0.2, 0) is 11.3 Å². The number of rotatable bonds is 4. The number of likely N-dealkylation sites (tertiary alicyclic amines) is 1. The van der Waals surface area contributed by atoms with Gasteiger partial charge in [0, 0.05) is 37.7 Å². The minimum Gasteiger partial charge on any atom is -0.342 e. The Morgan fingerprint density at radius 1 is 1.36 bits per heavy atom. The summed E-state index contributed by atoms with van der Waals surface area (Å²) in [5.41, 5.74) is 1.95. The Labute approximate surface area is 130 Å². The number of hydrogen-bond acceptors (Lipinski definition) is 3. The molecule has 116 valence electrons. The number of nitrogens with zero attached hydrogens (tertiary/aromatic N) is 4. The fourth-order valence-corrected chi connectivity index (χ4v) is 3.49. The van der Waals surface area contributed by atoms with Crippen molar-refractivity contribution in [3.05, 3.63) is 24.2 Å². The van der Waals surface area contributed by atoms with E-state index in [0.29, 0.717) is 17.7 Å². The van der Waals surface area contributed by atoms with E-state index in [-0.39, 0.29) is 0 Å². The van der Waals surface area contributed by atoms with Gasteiger partial charge in [-0.15, -0.1) is 0 Å². The molecule has 0 spiro atoms. The summed E-state index contributed by atoms with van der Waals surface area (Å²) in [6.07, 6.45) is 6.08. The van der Waals surface area contributed by atoms with Crippen molar-refractivity contribution in [2.24, 2.45) is 5.92 Å². The lowest BCUT2D eigenvalue weighted by Crippen LogP contribution is -2.30. The van der Waals surface area contributed by atoms with Gasteiger partial charge in [0.2, 0.25) is 5.91 Å². The second-order valence-corrected chi connectivity index (χ2v) is 6.51. The first-order chi connectivity index (χ1) is 10.8. The van der Waals surface area contributed by atoms with Crippen LogP contribution in [0.2, 0.25) is 0 Å². The highest BCUT2D eigenvalue weighted by Crippen LogP contribution is 2.35. The summed E-state index contributed by atoms with van der Waals surface area (Å²) < 4.78 is 2.26. The standard InChI is InChI=1S/C17H22N4O/c1-2-9-21-15(19-14-4-3-8-18-16(14)21)13-7-10-20(11-13)17(22)12-5-6-12/h3-4,8,12-13H,2,5-7,9-11H2,1H3/t13-/m1/s1. The molecule has 1 saturated heterocycles. The Morgan fingerprint density at radius 3 is 3.00 bits per heavy atom. The van der Waals surface area contributed by atoms with Crippen LogP contribution in [0.15, 0.2) is 18.3 Å². The second-order valence-electron chi connectivity index (χ2n) is 6.51. The molecule has 0 N–H and O–H groups in total. The zero-order valence-electron chi connectivity index (χ0n) is 13.0. The van der Waals surface area contributed by atoms with Crippen molar-refractivity contribution in [2.75, 3.05) is 13.1 Å². The number of hydrogen-bond donors (Lipinski definition) is 0. The van der Waals surface area contributed by atoms with Crippen molar-refractivity contribution in [1.82, 2.24) is 19.4 Å². The van der Waals surface area contributed by atoms with Crippen LogP contribution in [0.4, 0.5) is 0 Å². The maximum atomic E-state index is 12.3. The summed E-state index contributed by atoms with van der Waals surface area (Å²) in [5, 5.41) is 0. The van der Waals surface area contributed by atoms with Gasteiger partial charge < -0.3 is 9.47 Å². The summed E-state index contributed by atoms with van der Waals surface area (Å²) in [4.78, 5) is 23.6. The topological polar surface area (TPSA) is 51.0 Å². The summed E-state index contributed by atoms with van der Waals surface area (Å²) in [6, 6.07) is 3.97. The van der Waals surface area contributed by atoms with Crippen LogP contribution in [0.1, 0.15) is 44.3 Å². The number of imidazole rings is 1. The third kappa shape index (κ3) is 2.28. The molecule has 1 aliphatic carbocycles. The van der Waals surface area contributed by atoms with Gasteiger partial charge in [0.15, 0.2) is 5.65 Å². The molecule has 0 aromatic carbocycles. The maximum absolute atomic E-state index is 12.3. The van der Waals surface area contributed by atoms with Crippen LogP contribution >= 0.6 is 0 Å². The molecular formula is C17H22N4O. The fraction of sp³-hybridized carbons (Fsp3) is 0.588. The number of carbonyl (C=O) groups is 1. The zero-order chi connectivity index (χ0) is 15.1. The van der Waals surface area contributed by atoms with Gasteiger partial charge in [0.1, 0.15) is 11.3 Å². The number of aromatic nitrogens is 3. The van der Waals surface area contributed by atoms with Crippen LogP contribution in [0.5, 0.6) is 0 Å². The first kappa shape index (κ1) is 13.7. The average molecular weight is 298 g/mol. The molecule has 0 unspecified atom stereocenters. The van der Waals surface area contributed by atoms with E-state index >= 15 is 0 Å². The van der Waals surface area contributed by atoms with Crippen LogP contribution in [0.25, 0.3) is 11.2 Å². The van der Waals surface area contributed by atoms with Crippen LogP contribution in [0.3, 0.4) is 0 Å². The SMILES string of the molecule is CCCn1c([C@@H]2CCN(C(=O)C3CC3)C2)nc2cccnc21. The highest BCUT2D eigenvalue weighted by atomic mass is 16.2. The Bertz CT molecular complexity index is 704. The Kier molecular flexibility index (Phi) is 3.36. The first-order valence-electron chi connectivity index (χ1n) is 8.38. The number of amides is 1. The van der Waals surface area contributed by atoms with Crippen LogP contribution in [0, 0.1) is 5.92 Å². The predicted octanol–water partition coefficient (Wildman–Crippen LogP) is 2.57. The lowest BCUT2D eigenvalue weighted by atomic mass is 10.1. The highest BCUT2D eigenvalue weighted by Gasteiger charge is 2.38. The zero-order valence-corrected chi connectivity index (χ0v) is 13.0. The molecule has 1 saturated carbocycles. The van der Waals surface area contributed by atoms with E-state index in [1.54, 1.807) is 0 Å². The van der Waals surface area contributed by atoms with Gasteiger partial charge in [-0.3, -0.25) is 4.79 Å². The van der Waals surface area contributed by atoms with Crippen LogP contribution in [-0.4, -0.2) is 38.4 Å². The Morgan fingerprint density at radius 2 is 2.23 bits per heavy atom. The average Bonchev–Trinajstić information content (AvgIpc) is 3.16. The van der Waals surface area contributed by atoms with Gasteiger partial charge in [-0.05, 0) is 37.8 Å². The first-order valence-corrected chi connectivity index (χ1v) is 8.38. The van der Waals surface area contributed by atoms with Crippen molar-refractivity contribution in [2.45, 2.75) is 45.1 Å². The van der Waals surface area contributed by atoms with Gasteiger partial charge in [-0.25, -0.2) is 9.97 Å². The molecule has 0 radical (unpaired) electrons. The lowest BCUT2D eigenvalue weighted by molar-refractivity contribution is -0.131. The molecule has 1 amide bonds. The van der Waals surface area contributed by atoms with Crippen LogP contribution < -0.4 is 0 Å². The van der Waals surface area contributed by atoms with Gasteiger partial charge in [0.25, 0.3) is 0 Å². The smallest absolute Gasteiger partial charge is 0.225 e. The molecule has 2 fully saturated rings. The molecule has 1 aliphatic heterocycles. The number of fused-ring (bicyclic) bond motifs is 1. The number of carbonyl (C=O) groups excluding carboxylic acids is 1. The Hall–Kier alpha value is -1.91. The largest absolute Gasteiger partial charge is 0.342 e. The van der Waals surface area contributed by atoms with E-state index in [9.17, 15) is 4.79 Å². The van der Waals surface area contributed by atoms with Gasteiger partial charge >= 0.3 is 0 Å². The molecule has 0 bridgehead atoms. The summed E-state index contributed by atoms with van der Waals surface area (Å²) in [7, 11) is 0. The molecular weight excluding hydrogens is 276 g/mol. The van der Waals surface area contributed by atoms with Crippen molar-refractivity contribution >= 4 is 17.1 Å². The predicted molar refractivity (Wildman–Crippen MR) is 84.5 cm³/mol. The van der Waals surface area contributed by atoms with Gasteiger partial charge in [-0.2, -0.15) is 0 Å². The molecule has 5 heteroatoms. The molecule has 4 rings (SSSR count). The van der Waals surface area contributed by atoms with Gasteiger partial charge in [-0.1, -0.05) is 6.92 Å². The van der Waals surface area contributed by atoms with Crippen molar-refractivity contribution in [1.29, 1.82) is 0 Å². The Balaban J connectivity index is 1.63. The molecule has 3 heterocycles. The normalized spacial score (nSPS) is 21.7. The van der Waals surface area contributed by atoms with Gasteiger partial charge in [0.05, 0.1) is 0 Å².